The van der Waals surface area contributed by atoms with Gasteiger partial charge in [0.15, 0.2) is 0 Å². The molecule has 0 aliphatic heterocycles. The summed E-state index contributed by atoms with van der Waals surface area (Å²) in [4.78, 5) is 11.0. The zero-order valence-electron chi connectivity index (χ0n) is 9.75. The molecule has 0 aliphatic rings. The number of hydrogen-bond donors (Lipinski definition) is 2. The Morgan fingerprint density at radius 1 is 1.38 bits per heavy atom. The third-order valence-electron chi connectivity index (χ3n) is 2.26. The fraction of sp³-hybridized carbons (Fsp3) is 0.417. The van der Waals surface area contributed by atoms with Crippen LogP contribution in [0.3, 0.4) is 0 Å². The van der Waals surface area contributed by atoms with Crippen LogP contribution in [0.5, 0.6) is 0 Å². The summed E-state index contributed by atoms with van der Waals surface area (Å²) in [7, 11) is 3.31. The lowest BCUT2D eigenvalue weighted by Crippen LogP contribution is -2.21. The molecule has 4 nitrogen and oxygen atoms in total. The Morgan fingerprint density at radius 3 is 2.81 bits per heavy atom. The second-order valence-corrected chi connectivity index (χ2v) is 3.44. The number of nitrogens with one attached hydrogen (secondary N) is 2. The maximum atomic E-state index is 11.0. The first-order valence-electron chi connectivity index (χ1n) is 5.29. The molecule has 0 atom stereocenters. The van der Waals surface area contributed by atoms with Crippen LogP contribution in [0.1, 0.15) is 12.0 Å². The zero-order chi connectivity index (χ0) is 11.8. The SMILES string of the molecule is CNC(=O)CCNc1ccccc1COC. The molecule has 0 aromatic heterocycles. The van der Waals surface area contributed by atoms with E-state index in [0.29, 0.717) is 19.6 Å². The van der Waals surface area contributed by atoms with Gasteiger partial charge in [-0.1, -0.05) is 18.2 Å². The smallest absolute Gasteiger partial charge is 0.221 e. The van der Waals surface area contributed by atoms with Gasteiger partial charge >= 0.3 is 0 Å². The van der Waals surface area contributed by atoms with E-state index in [4.69, 9.17) is 4.74 Å². The van der Waals surface area contributed by atoms with E-state index < -0.39 is 0 Å². The van der Waals surface area contributed by atoms with E-state index in [1.165, 1.54) is 0 Å². The first kappa shape index (κ1) is 12.5. The molecule has 1 aromatic carbocycles. The second-order valence-electron chi connectivity index (χ2n) is 3.44. The maximum absolute atomic E-state index is 11.0. The summed E-state index contributed by atoms with van der Waals surface area (Å²) in [6.45, 7) is 1.20. The highest BCUT2D eigenvalue weighted by atomic mass is 16.5. The zero-order valence-corrected chi connectivity index (χ0v) is 9.75. The number of anilines is 1. The summed E-state index contributed by atoms with van der Waals surface area (Å²) in [6, 6.07) is 7.92. The number of hydrogen-bond acceptors (Lipinski definition) is 3. The van der Waals surface area contributed by atoms with Gasteiger partial charge < -0.3 is 15.4 Å². The van der Waals surface area contributed by atoms with Gasteiger partial charge in [0, 0.05) is 38.4 Å². The Kier molecular flexibility index (Phi) is 5.36. The van der Waals surface area contributed by atoms with Crippen molar-refractivity contribution in [3.8, 4) is 0 Å². The van der Waals surface area contributed by atoms with Crippen LogP contribution in [-0.2, 0) is 16.1 Å². The highest BCUT2D eigenvalue weighted by Crippen LogP contribution is 2.15. The van der Waals surface area contributed by atoms with E-state index in [1.54, 1.807) is 14.2 Å². The number of ether oxygens (including phenoxy) is 1. The molecule has 0 heterocycles. The van der Waals surface area contributed by atoms with E-state index in [-0.39, 0.29) is 5.91 Å². The van der Waals surface area contributed by atoms with Crippen LogP contribution in [0, 0.1) is 0 Å². The largest absolute Gasteiger partial charge is 0.384 e. The van der Waals surface area contributed by atoms with Crippen LogP contribution in [-0.4, -0.2) is 26.6 Å². The van der Waals surface area contributed by atoms with E-state index >= 15 is 0 Å². The number of amides is 1. The van der Waals surface area contributed by atoms with Crippen molar-refractivity contribution in [2.24, 2.45) is 0 Å². The molecule has 0 fully saturated rings. The highest BCUT2D eigenvalue weighted by Gasteiger charge is 2.01. The van der Waals surface area contributed by atoms with E-state index in [2.05, 4.69) is 10.6 Å². The van der Waals surface area contributed by atoms with Crippen molar-refractivity contribution >= 4 is 11.6 Å². The molecule has 0 bridgehead atoms. The third kappa shape index (κ3) is 3.90. The van der Waals surface area contributed by atoms with Crippen LogP contribution in [0.15, 0.2) is 24.3 Å². The number of benzene rings is 1. The first-order valence-corrected chi connectivity index (χ1v) is 5.29. The molecule has 0 spiro atoms. The Labute approximate surface area is 96.0 Å². The Hall–Kier alpha value is -1.55. The molecular formula is C12H18N2O2. The summed E-state index contributed by atoms with van der Waals surface area (Å²) < 4.78 is 5.10. The van der Waals surface area contributed by atoms with Gasteiger partial charge in [0.25, 0.3) is 0 Å². The van der Waals surface area contributed by atoms with E-state index in [1.807, 2.05) is 24.3 Å². The second kappa shape index (κ2) is 6.85. The van der Waals surface area contributed by atoms with Crippen LogP contribution in [0.4, 0.5) is 5.69 Å². The quantitative estimate of drug-likeness (QED) is 0.764. The number of methoxy groups -OCH3 is 1. The molecule has 0 saturated heterocycles. The maximum Gasteiger partial charge on any atom is 0.221 e. The predicted octanol–water partition coefficient (Wildman–Crippen LogP) is 1.38. The molecule has 0 radical (unpaired) electrons. The van der Waals surface area contributed by atoms with Crippen molar-refractivity contribution in [3.05, 3.63) is 29.8 Å². The summed E-state index contributed by atoms with van der Waals surface area (Å²) in [5.41, 5.74) is 2.12. The standard InChI is InChI=1S/C12H18N2O2/c1-13-12(15)7-8-14-11-6-4-3-5-10(11)9-16-2/h3-6,14H,7-9H2,1-2H3,(H,13,15). The lowest BCUT2D eigenvalue weighted by atomic mass is 10.2. The minimum Gasteiger partial charge on any atom is -0.384 e. The molecule has 4 heteroatoms. The van der Waals surface area contributed by atoms with Gasteiger partial charge in [-0.2, -0.15) is 0 Å². The van der Waals surface area contributed by atoms with Gasteiger partial charge in [0.2, 0.25) is 5.91 Å². The van der Waals surface area contributed by atoms with E-state index in [0.717, 1.165) is 11.3 Å². The lowest BCUT2D eigenvalue weighted by molar-refractivity contribution is -0.120. The average molecular weight is 222 g/mol. The molecule has 0 unspecified atom stereocenters. The third-order valence-corrected chi connectivity index (χ3v) is 2.26. The molecule has 2 N–H and O–H groups in total. The van der Waals surface area contributed by atoms with E-state index in [9.17, 15) is 4.79 Å². The molecular weight excluding hydrogens is 204 g/mol. The molecule has 1 rings (SSSR count). The Morgan fingerprint density at radius 2 is 2.12 bits per heavy atom. The van der Waals surface area contributed by atoms with Crippen molar-refractivity contribution in [1.82, 2.24) is 5.32 Å². The monoisotopic (exact) mass is 222 g/mol. The van der Waals surface area contributed by atoms with Crippen LogP contribution in [0.2, 0.25) is 0 Å². The normalized spacial score (nSPS) is 9.88. The summed E-state index contributed by atoms with van der Waals surface area (Å²) in [5, 5.41) is 5.81. The van der Waals surface area contributed by atoms with Crippen LogP contribution < -0.4 is 10.6 Å². The van der Waals surface area contributed by atoms with Crippen molar-refractivity contribution in [3.63, 3.8) is 0 Å². The van der Waals surface area contributed by atoms with Gasteiger partial charge in [-0.3, -0.25) is 4.79 Å². The molecule has 88 valence electrons. The van der Waals surface area contributed by atoms with Crippen molar-refractivity contribution in [2.75, 3.05) is 26.0 Å². The van der Waals surface area contributed by atoms with Crippen molar-refractivity contribution in [1.29, 1.82) is 0 Å². The lowest BCUT2D eigenvalue weighted by Gasteiger charge is -2.10. The predicted molar refractivity (Wildman–Crippen MR) is 64.3 cm³/mol. The van der Waals surface area contributed by atoms with Crippen molar-refractivity contribution < 1.29 is 9.53 Å². The van der Waals surface area contributed by atoms with Crippen LogP contribution in [0.25, 0.3) is 0 Å². The number of rotatable bonds is 6. The number of carbonyl (C=O) groups excluding carboxylic acids is 1. The fourth-order valence-electron chi connectivity index (χ4n) is 1.41. The molecule has 0 saturated carbocycles. The molecule has 16 heavy (non-hydrogen) atoms. The fourth-order valence-corrected chi connectivity index (χ4v) is 1.41. The molecule has 1 aromatic rings. The number of carbonyl (C=O) groups is 1. The molecule has 0 aliphatic carbocycles. The number of para-hydroxylation sites is 1. The summed E-state index contributed by atoms with van der Waals surface area (Å²) in [5.74, 6) is 0.0386. The summed E-state index contributed by atoms with van der Waals surface area (Å²) >= 11 is 0. The van der Waals surface area contributed by atoms with Gasteiger partial charge in [0.1, 0.15) is 0 Å². The molecule has 1 amide bonds. The Balaban J connectivity index is 2.49. The topological polar surface area (TPSA) is 50.4 Å². The average Bonchev–Trinajstić information content (AvgIpc) is 2.31. The van der Waals surface area contributed by atoms with Gasteiger partial charge in [-0.25, -0.2) is 0 Å². The van der Waals surface area contributed by atoms with Crippen LogP contribution >= 0.6 is 0 Å². The minimum atomic E-state index is 0.0386. The Bertz CT molecular complexity index is 340. The first-order chi connectivity index (χ1) is 7.77. The highest BCUT2D eigenvalue weighted by molar-refractivity contribution is 5.76. The van der Waals surface area contributed by atoms with Crippen molar-refractivity contribution in [2.45, 2.75) is 13.0 Å². The van der Waals surface area contributed by atoms with Gasteiger partial charge in [0.05, 0.1) is 6.61 Å². The van der Waals surface area contributed by atoms with Gasteiger partial charge in [-0.05, 0) is 6.07 Å². The van der Waals surface area contributed by atoms with Gasteiger partial charge in [-0.15, -0.1) is 0 Å². The summed E-state index contributed by atoms with van der Waals surface area (Å²) in [6.07, 6.45) is 0.470. The minimum absolute atomic E-state index is 0.0386.